The first-order valence-electron chi connectivity index (χ1n) is 12.2. The number of nitrogens with one attached hydrogen (secondary N) is 1. The minimum Gasteiger partial charge on any atom is -0.726 e. The number of rotatable bonds is 22. The second-order valence-electron chi connectivity index (χ2n) is 8.57. The number of aliphatic hydroxyl groups excluding tert-OH is 4. The van der Waals surface area contributed by atoms with Gasteiger partial charge >= 0.3 is 29.6 Å². The average Bonchev–Trinajstić information content (AvgIpc) is 2.77. The Kier molecular flexibility index (Phi) is 23.9. The molecule has 0 aromatic rings. The van der Waals surface area contributed by atoms with Crippen LogP contribution in [0.25, 0.3) is 0 Å². The molecule has 10 nitrogen and oxygen atoms in total. The molecule has 1 amide bonds. The molecule has 0 radical (unpaired) electrons. The summed E-state index contributed by atoms with van der Waals surface area (Å²) < 4.78 is 34.8. The summed E-state index contributed by atoms with van der Waals surface area (Å²) >= 11 is 0. The van der Waals surface area contributed by atoms with Gasteiger partial charge in [-0.15, -0.1) is 0 Å². The maximum absolute atomic E-state index is 11.9. The molecule has 0 aromatic carbocycles. The first-order chi connectivity index (χ1) is 15.6. The van der Waals surface area contributed by atoms with Crippen LogP contribution in [0.5, 0.6) is 0 Å². The molecular weight excluding hydrogens is 477 g/mol. The van der Waals surface area contributed by atoms with Gasteiger partial charge in [-0.25, -0.2) is 8.42 Å². The van der Waals surface area contributed by atoms with E-state index in [-0.39, 0.29) is 36.1 Å². The summed E-state index contributed by atoms with van der Waals surface area (Å²) in [7, 11) is -5.09. The summed E-state index contributed by atoms with van der Waals surface area (Å²) in [6.07, 6.45) is 8.64. The topological polar surface area (TPSA) is 176 Å². The molecule has 34 heavy (non-hydrogen) atoms. The van der Waals surface area contributed by atoms with Crippen LogP contribution in [0.15, 0.2) is 0 Å². The standard InChI is InChI=1S/C22H45NO9S.Na/c1-2-3-4-5-6-7-8-9-10-11-12-13-14-15-16-23-22(28)21(27)20(26)19(25)18(24)17-32-33(29,30)31;/h18-21,24-27H,2-17H2,1H3,(H,23,28)(H,29,30,31);/q;+1/p-1/t18-,19-,20+,21-;/m1./s1. The molecule has 5 N–H and O–H groups in total. The summed E-state index contributed by atoms with van der Waals surface area (Å²) in [4.78, 5) is 11.9. The van der Waals surface area contributed by atoms with Crippen LogP contribution in [0.4, 0.5) is 0 Å². The van der Waals surface area contributed by atoms with Crippen LogP contribution in [0.2, 0.25) is 0 Å². The molecule has 0 spiro atoms. The summed E-state index contributed by atoms with van der Waals surface area (Å²) in [5.41, 5.74) is 0. The largest absolute Gasteiger partial charge is 1.00 e. The number of unbranched alkanes of at least 4 members (excludes halogenated alkanes) is 13. The van der Waals surface area contributed by atoms with Gasteiger partial charge in [0.05, 0.1) is 6.61 Å². The van der Waals surface area contributed by atoms with Crippen LogP contribution < -0.4 is 34.9 Å². The average molecular weight is 522 g/mol. The van der Waals surface area contributed by atoms with Gasteiger partial charge in [0, 0.05) is 6.54 Å². The van der Waals surface area contributed by atoms with E-state index in [1.54, 1.807) is 0 Å². The Labute approximate surface area is 227 Å². The van der Waals surface area contributed by atoms with Crippen LogP contribution in [-0.2, 0) is 19.4 Å². The maximum Gasteiger partial charge on any atom is 1.00 e. The van der Waals surface area contributed by atoms with Crippen LogP contribution in [0.1, 0.15) is 96.8 Å². The zero-order valence-electron chi connectivity index (χ0n) is 20.9. The Bertz CT molecular complexity index is 595. The van der Waals surface area contributed by atoms with Crippen LogP contribution in [0.3, 0.4) is 0 Å². The minimum atomic E-state index is -5.09. The number of hydrogen-bond acceptors (Lipinski definition) is 9. The summed E-state index contributed by atoms with van der Waals surface area (Å²) in [5, 5.41) is 41.2. The Morgan fingerprint density at radius 2 is 1.21 bits per heavy atom. The Morgan fingerprint density at radius 1 is 0.794 bits per heavy atom. The van der Waals surface area contributed by atoms with Crippen molar-refractivity contribution in [2.45, 2.75) is 121 Å². The van der Waals surface area contributed by atoms with E-state index < -0.39 is 47.3 Å². The van der Waals surface area contributed by atoms with Gasteiger partial charge in [0.2, 0.25) is 10.4 Å². The van der Waals surface area contributed by atoms with E-state index in [2.05, 4.69) is 16.4 Å². The summed E-state index contributed by atoms with van der Waals surface area (Å²) in [5.74, 6) is -0.930. The molecule has 0 bridgehead atoms. The fourth-order valence-electron chi connectivity index (χ4n) is 3.46. The smallest absolute Gasteiger partial charge is 0.726 e. The van der Waals surface area contributed by atoms with Gasteiger partial charge in [0.25, 0.3) is 5.91 Å². The second-order valence-corrected chi connectivity index (χ2v) is 9.63. The Balaban J connectivity index is 0. The van der Waals surface area contributed by atoms with Crippen molar-refractivity contribution in [1.29, 1.82) is 0 Å². The van der Waals surface area contributed by atoms with E-state index in [0.29, 0.717) is 6.42 Å². The van der Waals surface area contributed by atoms with Crippen molar-refractivity contribution >= 4 is 16.3 Å². The first-order valence-corrected chi connectivity index (χ1v) is 13.5. The SMILES string of the molecule is CCCCCCCCCCCCCCCCNC(=O)[C@H](O)[C@@H](O)[C@H](O)[C@H](O)COS(=O)(=O)[O-].[Na+]. The molecule has 0 unspecified atom stereocenters. The van der Waals surface area contributed by atoms with E-state index in [1.165, 1.54) is 64.2 Å². The zero-order valence-corrected chi connectivity index (χ0v) is 23.7. The Morgan fingerprint density at radius 3 is 1.62 bits per heavy atom. The number of amides is 1. The molecular formula is C22H44NNaO9S. The molecule has 0 aromatic heterocycles. The molecule has 198 valence electrons. The second kappa shape index (κ2) is 22.4. The van der Waals surface area contributed by atoms with Gasteiger partial charge in [-0.1, -0.05) is 90.4 Å². The van der Waals surface area contributed by atoms with Gasteiger partial charge in [0.1, 0.15) is 18.3 Å². The van der Waals surface area contributed by atoms with Crippen molar-refractivity contribution in [2.75, 3.05) is 13.2 Å². The third kappa shape index (κ3) is 20.4. The van der Waals surface area contributed by atoms with Gasteiger partial charge in [-0.05, 0) is 6.42 Å². The fraction of sp³-hybridized carbons (Fsp3) is 0.955. The molecule has 0 saturated heterocycles. The quantitative estimate of drug-likeness (QED) is 0.0491. The molecule has 0 aliphatic carbocycles. The number of carbonyl (C=O) groups excluding carboxylic acids is 1. The minimum absolute atomic E-state index is 0. The first kappa shape index (κ1) is 36.3. The molecule has 0 aliphatic heterocycles. The third-order valence-electron chi connectivity index (χ3n) is 5.55. The third-order valence-corrected chi connectivity index (χ3v) is 5.97. The molecule has 0 saturated carbocycles. The zero-order chi connectivity index (χ0) is 25.1. The van der Waals surface area contributed by atoms with Gasteiger partial charge in [-0.3, -0.25) is 8.98 Å². The molecule has 0 fully saturated rings. The number of aliphatic hydroxyl groups is 4. The van der Waals surface area contributed by atoms with Crippen molar-refractivity contribution in [2.24, 2.45) is 0 Å². The normalized spacial score (nSPS) is 15.2. The maximum atomic E-state index is 11.9. The predicted octanol–water partition coefficient (Wildman–Crippen LogP) is -1.49. The number of carbonyl (C=O) groups is 1. The molecule has 12 heteroatoms. The number of hydrogen-bond donors (Lipinski definition) is 5. The summed E-state index contributed by atoms with van der Waals surface area (Å²) in [6.45, 7) is 1.40. The van der Waals surface area contributed by atoms with E-state index >= 15 is 0 Å². The van der Waals surface area contributed by atoms with Crippen molar-refractivity contribution < 1.29 is 71.9 Å². The van der Waals surface area contributed by atoms with Gasteiger partial charge in [-0.2, -0.15) is 0 Å². The van der Waals surface area contributed by atoms with Crippen LogP contribution in [-0.4, -0.2) is 76.9 Å². The molecule has 0 rings (SSSR count). The molecule has 0 aliphatic rings. The van der Waals surface area contributed by atoms with E-state index in [0.717, 1.165) is 19.3 Å². The molecule has 4 atom stereocenters. The van der Waals surface area contributed by atoms with E-state index in [1.807, 2.05) is 0 Å². The molecule has 0 heterocycles. The van der Waals surface area contributed by atoms with Crippen molar-refractivity contribution in [3.8, 4) is 0 Å². The van der Waals surface area contributed by atoms with Crippen molar-refractivity contribution in [3.63, 3.8) is 0 Å². The summed E-state index contributed by atoms with van der Waals surface area (Å²) in [6, 6.07) is 0. The van der Waals surface area contributed by atoms with E-state index in [4.69, 9.17) is 0 Å². The van der Waals surface area contributed by atoms with E-state index in [9.17, 15) is 38.2 Å². The predicted molar refractivity (Wildman–Crippen MR) is 123 cm³/mol. The van der Waals surface area contributed by atoms with Crippen LogP contribution >= 0.6 is 0 Å². The monoisotopic (exact) mass is 521 g/mol. The van der Waals surface area contributed by atoms with Crippen molar-refractivity contribution in [1.82, 2.24) is 5.32 Å². The van der Waals surface area contributed by atoms with Crippen molar-refractivity contribution in [3.05, 3.63) is 0 Å². The Hall–Kier alpha value is 0.180. The van der Waals surface area contributed by atoms with Gasteiger partial charge < -0.3 is 30.3 Å². The fourth-order valence-corrected chi connectivity index (χ4v) is 3.76. The van der Waals surface area contributed by atoms with Crippen LogP contribution in [0, 0.1) is 0 Å². The van der Waals surface area contributed by atoms with Gasteiger partial charge in [0.15, 0.2) is 6.10 Å².